The van der Waals surface area contributed by atoms with Crippen molar-refractivity contribution in [3.63, 3.8) is 0 Å². The van der Waals surface area contributed by atoms with Crippen LogP contribution in [0.4, 0.5) is 0 Å². The zero-order valence-electron chi connectivity index (χ0n) is 8.92. The minimum Gasteiger partial charge on any atom is -0.378 e. The van der Waals surface area contributed by atoms with Gasteiger partial charge in [-0.1, -0.05) is 29.3 Å². The van der Waals surface area contributed by atoms with Crippen molar-refractivity contribution in [2.45, 2.75) is 6.61 Å². The van der Waals surface area contributed by atoms with Crippen molar-refractivity contribution < 1.29 is 9.47 Å². The van der Waals surface area contributed by atoms with Gasteiger partial charge in [0.15, 0.2) is 0 Å². The van der Waals surface area contributed by atoms with Gasteiger partial charge in [0.2, 0.25) is 0 Å². The topological polar surface area (TPSA) is 44.5 Å². The number of benzene rings is 1. The van der Waals surface area contributed by atoms with Crippen molar-refractivity contribution in [3.05, 3.63) is 33.8 Å². The Kier molecular flexibility index (Phi) is 6.76. The number of nitrogens with two attached hydrogens (primary N) is 1. The zero-order valence-corrected chi connectivity index (χ0v) is 10.4. The Bertz CT molecular complexity index is 321. The fourth-order valence-electron chi connectivity index (χ4n) is 1.12. The molecule has 0 heterocycles. The molecule has 1 aromatic carbocycles. The highest BCUT2D eigenvalue weighted by Gasteiger charge is 2.01. The molecule has 0 aromatic heterocycles. The van der Waals surface area contributed by atoms with Crippen LogP contribution in [0.25, 0.3) is 0 Å². The summed E-state index contributed by atoms with van der Waals surface area (Å²) in [5, 5.41) is 1.25. The Morgan fingerprint density at radius 3 is 2.50 bits per heavy atom. The van der Waals surface area contributed by atoms with Crippen molar-refractivity contribution in [2.24, 2.45) is 5.73 Å². The van der Waals surface area contributed by atoms with Crippen LogP contribution in [0.15, 0.2) is 18.2 Å². The SMILES string of the molecule is NCCOCCOCc1ccc(Cl)cc1Cl. The molecule has 0 saturated heterocycles. The Labute approximate surface area is 105 Å². The molecular formula is C11H15Cl2NO2. The minimum atomic E-state index is 0.460. The molecule has 90 valence electrons. The Balaban J connectivity index is 2.21. The summed E-state index contributed by atoms with van der Waals surface area (Å²) in [5.74, 6) is 0. The van der Waals surface area contributed by atoms with E-state index >= 15 is 0 Å². The van der Waals surface area contributed by atoms with Gasteiger partial charge in [-0.2, -0.15) is 0 Å². The van der Waals surface area contributed by atoms with E-state index in [1.807, 2.05) is 6.07 Å². The van der Waals surface area contributed by atoms with Gasteiger partial charge in [0.1, 0.15) is 0 Å². The van der Waals surface area contributed by atoms with Gasteiger partial charge in [-0.15, -0.1) is 0 Å². The summed E-state index contributed by atoms with van der Waals surface area (Å²) in [7, 11) is 0. The molecule has 0 radical (unpaired) electrons. The Morgan fingerprint density at radius 2 is 1.81 bits per heavy atom. The molecule has 1 aromatic rings. The molecule has 0 unspecified atom stereocenters. The summed E-state index contributed by atoms with van der Waals surface area (Å²) in [6, 6.07) is 5.34. The summed E-state index contributed by atoms with van der Waals surface area (Å²) >= 11 is 11.8. The molecule has 0 bridgehead atoms. The summed E-state index contributed by atoms with van der Waals surface area (Å²) in [5.41, 5.74) is 6.19. The highest BCUT2D eigenvalue weighted by atomic mass is 35.5. The summed E-state index contributed by atoms with van der Waals surface area (Å²) < 4.78 is 10.6. The van der Waals surface area contributed by atoms with Gasteiger partial charge in [0.05, 0.1) is 26.4 Å². The third kappa shape index (κ3) is 5.14. The van der Waals surface area contributed by atoms with Crippen molar-refractivity contribution in [3.8, 4) is 0 Å². The van der Waals surface area contributed by atoms with Crippen LogP contribution in [0, 0.1) is 0 Å². The fraction of sp³-hybridized carbons (Fsp3) is 0.455. The van der Waals surface area contributed by atoms with E-state index in [2.05, 4.69) is 0 Å². The normalized spacial score (nSPS) is 10.7. The van der Waals surface area contributed by atoms with Gasteiger partial charge in [-0.25, -0.2) is 0 Å². The van der Waals surface area contributed by atoms with Crippen LogP contribution in [0.1, 0.15) is 5.56 Å². The van der Waals surface area contributed by atoms with Gasteiger partial charge in [-0.3, -0.25) is 0 Å². The smallest absolute Gasteiger partial charge is 0.0732 e. The van der Waals surface area contributed by atoms with Crippen LogP contribution in [-0.2, 0) is 16.1 Å². The molecule has 2 N–H and O–H groups in total. The molecule has 1 rings (SSSR count). The third-order valence-electron chi connectivity index (χ3n) is 1.91. The van der Waals surface area contributed by atoms with Crippen molar-refractivity contribution in [2.75, 3.05) is 26.4 Å². The van der Waals surface area contributed by atoms with E-state index in [-0.39, 0.29) is 0 Å². The number of rotatable bonds is 7. The zero-order chi connectivity index (χ0) is 11.8. The first kappa shape index (κ1) is 13.7. The van der Waals surface area contributed by atoms with Crippen molar-refractivity contribution >= 4 is 23.2 Å². The van der Waals surface area contributed by atoms with E-state index in [0.717, 1.165) is 5.56 Å². The summed E-state index contributed by atoms with van der Waals surface area (Å²) in [6.45, 7) is 2.62. The average Bonchev–Trinajstić information content (AvgIpc) is 2.26. The molecule has 3 nitrogen and oxygen atoms in total. The lowest BCUT2D eigenvalue weighted by atomic mass is 10.2. The largest absolute Gasteiger partial charge is 0.378 e. The maximum Gasteiger partial charge on any atom is 0.0732 e. The van der Waals surface area contributed by atoms with Gasteiger partial charge < -0.3 is 15.2 Å². The Morgan fingerprint density at radius 1 is 1.06 bits per heavy atom. The first-order valence-electron chi connectivity index (χ1n) is 5.03. The molecule has 16 heavy (non-hydrogen) atoms. The standard InChI is InChI=1S/C11H15Cl2NO2/c12-10-2-1-9(11(13)7-10)8-16-6-5-15-4-3-14/h1-2,7H,3-6,8,14H2. The van der Waals surface area contributed by atoms with Gasteiger partial charge in [0, 0.05) is 16.6 Å². The summed E-state index contributed by atoms with van der Waals surface area (Å²) in [4.78, 5) is 0. The number of halogens is 2. The van der Waals surface area contributed by atoms with E-state index in [1.165, 1.54) is 0 Å². The molecule has 0 saturated carbocycles. The minimum absolute atomic E-state index is 0.460. The second-order valence-electron chi connectivity index (χ2n) is 3.19. The average molecular weight is 264 g/mol. The molecular weight excluding hydrogens is 249 g/mol. The van der Waals surface area contributed by atoms with E-state index in [9.17, 15) is 0 Å². The predicted octanol–water partition coefficient (Wildman–Crippen LogP) is 2.49. The van der Waals surface area contributed by atoms with Gasteiger partial charge in [0.25, 0.3) is 0 Å². The van der Waals surface area contributed by atoms with E-state index in [0.29, 0.717) is 43.0 Å². The number of hydrogen-bond acceptors (Lipinski definition) is 3. The second kappa shape index (κ2) is 7.87. The molecule has 0 amide bonds. The lowest BCUT2D eigenvalue weighted by Gasteiger charge is -2.06. The predicted molar refractivity (Wildman–Crippen MR) is 66.0 cm³/mol. The third-order valence-corrected chi connectivity index (χ3v) is 2.49. The van der Waals surface area contributed by atoms with E-state index in [4.69, 9.17) is 38.4 Å². The van der Waals surface area contributed by atoms with Crippen LogP contribution in [0.2, 0.25) is 10.0 Å². The molecule has 5 heteroatoms. The van der Waals surface area contributed by atoms with Gasteiger partial charge in [-0.05, 0) is 17.7 Å². The molecule has 0 spiro atoms. The fourth-order valence-corrected chi connectivity index (χ4v) is 1.59. The van der Waals surface area contributed by atoms with Crippen LogP contribution < -0.4 is 5.73 Å². The highest BCUT2D eigenvalue weighted by molar-refractivity contribution is 6.35. The lowest BCUT2D eigenvalue weighted by Crippen LogP contribution is -2.12. The van der Waals surface area contributed by atoms with Crippen molar-refractivity contribution in [1.29, 1.82) is 0 Å². The summed E-state index contributed by atoms with van der Waals surface area (Å²) in [6.07, 6.45) is 0. The first-order valence-corrected chi connectivity index (χ1v) is 5.79. The van der Waals surface area contributed by atoms with Crippen LogP contribution >= 0.6 is 23.2 Å². The molecule has 0 aliphatic heterocycles. The quantitative estimate of drug-likeness (QED) is 0.769. The molecule has 0 atom stereocenters. The molecule has 0 fully saturated rings. The van der Waals surface area contributed by atoms with Crippen LogP contribution in [0.5, 0.6) is 0 Å². The maximum absolute atomic E-state index is 5.98. The lowest BCUT2D eigenvalue weighted by molar-refractivity contribution is 0.0434. The van der Waals surface area contributed by atoms with E-state index < -0.39 is 0 Å². The van der Waals surface area contributed by atoms with Crippen LogP contribution in [-0.4, -0.2) is 26.4 Å². The number of hydrogen-bond donors (Lipinski definition) is 1. The highest BCUT2D eigenvalue weighted by Crippen LogP contribution is 2.21. The maximum atomic E-state index is 5.98. The van der Waals surface area contributed by atoms with E-state index in [1.54, 1.807) is 12.1 Å². The second-order valence-corrected chi connectivity index (χ2v) is 4.03. The molecule has 0 aliphatic rings. The van der Waals surface area contributed by atoms with Gasteiger partial charge >= 0.3 is 0 Å². The molecule has 0 aliphatic carbocycles. The Hall–Kier alpha value is -0.320. The van der Waals surface area contributed by atoms with Crippen molar-refractivity contribution in [1.82, 2.24) is 0 Å². The first-order chi connectivity index (χ1) is 7.74. The van der Waals surface area contributed by atoms with Crippen LogP contribution in [0.3, 0.4) is 0 Å². The monoisotopic (exact) mass is 263 g/mol. The number of ether oxygens (including phenoxy) is 2.